The van der Waals surface area contributed by atoms with Crippen LogP contribution in [0.25, 0.3) is 0 Å². The average Bonchev–Trinajstić information content (AvgIpc) is 3.23. The summed E-state index contributed by atoms with van der Waals surface area (Å²) in [4.78, 5) is 26.2. The van der Waals surface area contributed by atoms with Crippen molar-refractivity contribution in [1.82, 2.24) is 0 Å². The Morgan fingerprint density at radius 3 is 1.94 bits per heavy atom. The van der Waals surface area contributed by atoms with E-state index in [-0.39, 0.29) is 39.4 Å². The van der Waals surface area contributed by atoms with E-state index >= 15 is 0 Å². The fourth-order valence-electron chi connectivity index (χ4n) is 15.6. The van der Waals surface area contributed by atoms with E-state index in [1.165, 1.54) is 12.5 Å². The lowest BCUT2D eigenvalue weighted by atomic mass is 9.33. The summed E-state index contributed by atoms with van der Waals surface area (Å²) in [7, 11) is 0. The zero-order chi connectivity index (χ0) is 47.7. The van der Waals surface area contributed by atoms with Gasteiger partial charge in [0, 0.05) is 0 Å². The summed E-state index contributed by atoms with van der Waals surface area (Å²) in [5, 5.41) is 108. The smallest absolute Gasteiger partial charge is 0.335 e. The highest BCUT2D eigenvalue weighted by Gasteiger charge is 2.70. The molecule has 0 amide bonds. The molecule has 3 heterocycles. The van der Waals surface area contributed by atoms with Crippen LogP contribution < -0.4 is 0 Å². The van der Waals surface area contributed by atoms with Gasteiger partial charge in [0.05, 0.1) is 24.2 Å². The molecule has 370 valence electrons. The number of carboxylic acid groups (broad SMARTS) is 2. The van der Waals surface area contributed by atoms with Crippen molar-refractivity contribution >= 4 is 11.9 Å². The number of aliphatic hydroxyl groups is 8. The lowest BCUT2D eigenvalue weighted by Gasteiger charge is -2.72. The molecule has 0 aromatic heterocycles. The third kappa shape index (κ3) is 7.50. The molecule has 4 saturated carbocycles. The van der Waals surface area contributed by atoms with Crippen molar-refractivity contribution in [2.75, 3.05) is 6.61 Å². The fraction of sp³-hybridized carbons (Fsp3) is 0.917. The number of fused-ring (bicyclic) bond motifs is 7. The number of aliphatic carboxylic acids is 2. The predicted molar refractivity (Wildman–Crippen MR) is 228 cm³/mol. The van der Waals surface area contributed by atoms with Crippen LogP contribution in [0.15, 0.2) is 11.6 Å². The van der Waals surface area contributed by atoms with Crippen LogP contribution in [0.1, 0.15) is 120 Å². The molecule has 5 aliphatic carbocycles. The van der Waals surface area contributed by atoms with Gasteiger partial charge in [-0.15, -0.1) is 0 Å². The van der Waals surface area contributed by atoms with Gasteiger partial charge in [0.25, 0.3) is 0 Å². The van der Waals surface area contributed by atoms with Gasteiger partial charge in [-0.3, -0.25) is 4.79 Å². The van der Waals surface area contributed by atoms with Crippen LogP contribution in [0.5, 0.6) is 0 Å². The van der Waals surface area contributed by atoms with Crippen LogP contribution in [-0.2, 0) is 33.3 Å². The largest absolute Gasteiger partial charge is 0.481 e. The number of allylic oxidation sites excluding steroid dienone is 2. The van der Waals surface area contributed by atoms with Crippen LogP contribution in [0.4, 0.5) is 0 Å². The SMILES string of the molecule is C[C@H]1O[C@@H](O[C@H]2[C@H](O)[C@@H](C(=O)O)O[C@@H]([C@H]3CC[C@@]4(C)C(CC[C@]5(C)[C@@H]4CC=C4[C@@H]6CC(C)(C)CC[C@]6(C(=O)O)CC[C@]45C)C3(C)C)[C@@H]2O[C@@H]2O[C@H](CO)[C@@H](O)[C@H](O)[C@H]2O)[C@H](O)[C@@H](O)[C@@H]1O. The Labute approximate surface area is 381 Å². The van der Waals surface area contributed by atoms with Gasteiger partial charge in [-0.1, -0.05) is 60.1 Å². The lowest BCUT2D eigenvalue weighted by molar-refractivity contribution is -0.373. The predicted octanol–water partition coefficient (Wildman–Crippen LogP) is 2.10. The van der Waals surface area contributed by atoms with Gasteiger partial charge >= 0.3 is 11.9 Å². The molecule has 7 fully saturated rings. The van der Waals surface area contributed by atoms with E-state index in [2.05, 4.69) is 54.5 Å². The van der Waals surface area contributed by atoms with E-state index in [1.807, 2.05) is 0 Å². The molecule has 8 rings (SSSR count). The minimum atomic E-state index is -1.99. The van der Waals surface area contributed by atoms with Crippen LogP contribution >= 0.6 is 0 Å². The van der Waals surface area contributed by atoms with Gasteiger partial charge in [-0.2, -0.15) is 0 Å². The standard InChI is InChI=1S/C48H76O17/c1-21-28(50)30(52)32(54)40(61-21)64-36-34(56)37(39(57)58)63-35(38(36)65-41-33(55)31(53)29(51)25(20-49)62-41)23-11-13-45(6)26(44(23,4)5)12-14-47(8)27(45)10-9-22-24-19-43(2,3)15-17-48(24,42(59)60)18-16-46(22,47)7/h9,21,23-38,40-41,49-56H,10-20H2,1-8H3,(H,57,58)(H,59,60)/t21-,23-,24+,25-,26?,27-,28-,29-,30+,31+,32-,33-,34+,35+,36+,37+,38+,40+,41+,45+,46-,47-,48+/m1/s1. The highest BCUT2D eigenvalue weighted by molar-refractivity contribution is 5.76. The molecule has 0 spiro atoms. The van der Waals surface area contributed by atoms with E-state index in [0.717, 1.165) is 38.5 Å². The normalized spacial score (nSPS) is 53.9. The monoisotopic (exact) mass is 925 g/mol. The van der Waals surface area contributed by atoms with E-state index in [4.69, 9.17) is 23.7 Å². The molecule has 8 aliphatic rings. The summed E-state index contributed by atoms with van der Waals surface area (Å²) in [6.07, 6.45) is -14.8. The Balaban J connectivity index is 1.15. The number of carboxylic acids is 2. The first-order chi connectivity index (χ1) is 30.2. The first-order valence-electron chi connectivity index (χ1n) is 24.0. The van der Waals surface area contributed by atoms with Crippen molar-refractivity contribution in [2.24, 2.45) is 56.2 Å². The van der Waals surface area contributed by atoms with Crippen molar-refractivity contribution in [3.8, 4) is 0 Å². The number of rotatable bonds is 8. The first kappa shape index (κ1) is 49.6. The van der Waals surface area contributed by atoms with E-state index in [9.17, 15) is 60.7 Å². The van der Waals surface area contributed by atoms with Gasteiger partial charge in [-0.25, -0.2) is 4.79 Å². The molecule has 17 nitrogen and oxygen atoms in total. The Bertz CT molecular complexity index is 1840. The van der Waals surface area contributed by atoms with E-state index in [0.29, 0.717) is 25.7 Å². The van der Waals surface area contributed by atoms with Crippen LogP contribution in [-0.4, -0.2) is 162 Å². The molecular formula is C48H76O17. The number of hydrogen-bond donors (Lipinski definition) is 10. The quantitative estimate of drug-likeness (QED) is 0.156. The second-order valence-electron chi connectivity index (χ2n) is 23.6. The minimum absolute atomic E-state index is 0.0310. The maximum atomic E-state index is 13.2. The zero-order valence-electron chi connectivity index (χ0n) is 39.2. The van der Waals surface area contributed by atoms with Gasteiger partial charge in [-0.05, 0) is 122 Å². The molecule has 65 heavy (non-hydrogen) atoms. The summed E-state index contributed by atoms with van der Waals surface area (Å²) >= 11 is 0. The molecule has 0 radical (unpaired) electrons. The Kier molecular flexibility index (Phi) is 12.9. The average molecular weight is 925 g/mol. The first-order valence-corrected chi connectivity index (χ1v) is 24.0. The maximum Gasteiger partial charge on any atom is 0.335 e. The van der Waals surface area contributed by atoms with Crippen LogP contribution in [0.3, 0.4) is 0 Å². The topological polar surface area (TPSA) is 283 Å². The Hall–Kier alpha value is -1.84. The molecule has 23 atom stereocenters. The Morgan fingerprint density at radius 1 is 0.692 bits per heavy atom. The zero-order valence-corrected chi connectivity index (χ0v) is 39.2. The number of hydrogen-bond acceptors (Lipinski definition) is 15. The van der Waals surface area contributed by atoms with Crippen LogP contribution in [0.2, 0.25) is 0 Å². The van der Waals surface area contributed by atoms with Crippen molar-refractivity contribution in [3.63, 3.8) is 0 Å². The second kappa shape index (κ2) is 16.9. The van der Waals surface area contributed by atoms with E-state index in [1.54, 1.807) is 0 Å². The van der Waals surface area contributed by atoms with Crippen molar-refractivity contribution < 1.29 is 84.3 Å². The third-order valence-electron chi connectivity index (χ3n) is 19.7. The van der Waals surface area contributed by atoms with Crippen molar-refractivity contribution in [2.45, 2.75) is 212 Å². The number of ether oxygens (including phenoxy) is 5. The van der Waals surface area contributed by atoms with E-state index < -0.39 is 127 Å². The van der Waals surface area contributed by atoms with Gasteiger partial charge < -0.3 is 74.7 Å². The van der Waals surface area contributed by atoms with Gasteiger partial charge in [0.2, 0.25) is 0 Å². The lowest BCUT2D eigenvalue weighted by Crippen LogP contribution is -2.70. The highest BCUT2D eigenvalue weighted by Crippen LogP contribution is 2.76. The summed E-state index contributed by atoms with van der Waals surface area (Å²) < 4.78 is 30.7. The summed E-state index contributed by atoms with van der Waals surface area (Å²) in [5.74, 6) is -2.45. The molecule has 17 heteroatoms. The number of aliphatic hydroxyl groups excluding tert-OH is 8. The second-order valence-corrected chi connectivity index (χ2v) is 23.6. The number of carbonyl (C=O) groups is 2. The minimum Gasteiger partial charge on any atom is -0.481 e. The third-order valence-corrected chi connectivity index (χ3v) is 19.7. The fourth-order valence-corrected chi connectivity index (χ4v) is 15.6. The van der Waals surface area contributed by atoms with Crippen molar-refractivity contribution in [1.29, 1.82) is 0 Å². The molecule has 0 aromatic rings. The summed E-state index contributed by atoms with van der Waals surface area (Å²) in [6, 6.07) is 0. The van der Waals surface area contributed by atoms with Gasteiger partial charge in [0.1, 0.15) is 61.0 Å². The molecule has 3 saturated heterocycles. The summed E-state index contributed by atoms with van der Waals surface area (Å²) in [5.41, 5.74) is -0.634. The Morgan fingerprint density at radius 2 is 1.31 bits per heavy atom. The molecule has 0 bridgehead atoms. The molecule has 3 aliphatic heterocycles. The highest BCUT2D eigenvalue weighted by atomic mass is 16.7. The maximum absolute atomic E-state index is 13.2. The van der Waals surface area contributed by atoms with Gasteiger partial charge in [0.15, 0.2) is 18.7 Å². The van der Waals surface area contributed by atoms with Crippen molar-refractivity contribution in [3.05, 3.63) is 11.6 Å². The molecule has 0 aromatic carbocycles. The molecule has 10 N–H and O–H groups in total. The summed E-state index contributed by atoms with van der Waals surface area (Å²) in [6.45, 7) is 16.7. The molecule has 1 unspecified atom stereocenters. The molecular weight excluding hydrogens is 849 g/mol. The van der Waals surface area contributed by atoms with Crippen LogP contribution in [0, 0.1) is 56.2 Å².